The van der Waals surface area contributed by atoms with Gasteiger partial charge in [-0.05, 0) is 12.8 Å². The van der Waals surface area contributed by atoms with Crippen LogP contribution in [0.15, 0.2) is 4.99 Å². The zero-order valence-corrected chi connectivity index (χ0v) is 15.3. The molecule has 3 heterocycles. The molecule has 1 saturated heterocycles. The monoisotopic (exact) mass is 349 g/mol. The number of guanidine groups is 1. The highest BCUT2D eigenvalue weighted by molar-refractivity contribution is 5.79. The van der Waals surface area contributed by atoms with Crippen molar-refractivity contribution < 1.29 is 4.74 Å². The van der Waals surface area contributed by atoms with Gasteiger partial charge in [0.1, 0.15) is 11.6 Å². The third kappa shape index (κ3) is 5.40. The normalized spacial score (nSPS) is 19.3. The Morgan fingerprint density at radius 2 is 1.92 bits per heavy atom. The maximum absolute atomic E-state index is 5.37. The van der Waals surface area contributed by atoms with Gasteiger partial charge in [-0.2, -0.15) is 0 Å². The standard InChI is InChI=1S/C17H31N7O/c1-18-17(20-8-10-23-11-13-25-14-12-23)19-7-6-16-22-21-15-5-3-2-4-9-24(15)16/h2-14H2,1H3,(H2,18,19,20). The van der Waals surface area contributed by atoms with E-state index >= 15 is 0 Å². The van der Waals surface area contributed by atoms with Crippen LogP contribution in [-0.4, -0.2) is 78.6 Å². The van der Waals surface area contributed by atoms with Crippen molar-refractivity contribution in [2.75, 3.05) is 53.0 Å². The van der Waals surface area contributed by atoms with Crippen molar-refractivity contribution in [1.82, 2.24) is 30.3 Å². The fourth-order valence-corrected chi connectivity index (χ4v) is 3.40. The van der Waals surface area contributed by atoms with Crippen LogP contribution in [0.1, 0.15) is 30.9 Å². The first-order valence-electron chi connectivity index (χ1n) is 9.52. The average Bonchev–Trinajstić information content (AvgIpc) is 2.88. The van der Waals surface area contributed by atoms with Gasteiger partial charge in [0.2, 0.25) is 0 Å². The lowest BCUT2D eigenvalue weighted by Crippen LogP contribution is -2.44. The average molecular weight is 349 g/mol. The minimum Gasteiger partial charge on any atom is -0.379 e. The summed E-state index contributed by atoms with van der Waals surface area (Å²) in [5.41, 5.74) is 0. The molecule has 2 N–H and O–H groups in total. The molecular weight excluding hydrogens is 318 g/mol. The van der Waals surface area contributed by atoms with Gasteiger partial charge in [-0.3, -0.25) is 9.89 Å². The smallest absolute Gasteiger partial charge is 0.191 e. The van der Waals surface area contributed by atoms with E-state index in [4.69, 9.17) is 4.74 Å². The third-order valence-corrected chi connectivity index (χ3v) is 4.87. The molecule has 140 valence electrons. The molecule has 1 fully saturated rings. The molecule has 8 nitrogen and oxygen atoms in total. The summed E-state index contributed by atoms with van der Waals surface area (Å²) in [5.74, 6) is 3.09. The van der Waals surface area contributed by atoms with Crippen LogP contribution in [0.3, 0.4) is 0 Å². The van der Waals surface area contributed by atoms with Crippen molar-refractivity contribution >= 4 is 5.96 Å². The van der Waals surface area contributed by atoms with E-state index in [1.807, 2.05) is 7.05 Å². The quantitative estimate of drug-likeness (QED) is 0.558. The highest BCUT2D eigenvalue weighted by atomic mass is 16.5. The van der Waals surface area contributed by atoms with E-state index < -0.39 is 0 Å². The van der Waals surface area contributed by atoms with Crippen LogP contribution in [0.5, 0.6) is 0 Å². The fraction of sp³-hybridized carbons (Fsp3) is 0.824. The van der Waals surface area contributed by atoms with E-state index in [-0.39, 0.29) is 0 Å². The lowest BCUT2D eigenvalue weighted by atomic mass is 10.2. The summed E-state index contributed by atoms with van der Waals surface area (Å²) < 4.78 is 7.68. The maximum Gasteiger partial charge on any atom is 0.191 e. The number of ether oxygens (including phenoxy) is 1. The van der Waals surface area contributed by atoms with Gasteiger partial charge in [0.15, 0.2) is 5.96 Å². The summed E-state index contributed by atoms with van der Waals surface area (Å²) >= 11 is 0. The molecule has 0 spiro atoms. The zero-order chi connectivity index (χ0) is 17.3. The summed E-state index contributed by atoms with van der Waals surface area (Å²) in [6, 6.07) is 0. The largest absolute Gasteiger partial charge is 0.379 e. The van der Waals surface area contributed by atoms with Crippen LogP contribution in [-0.2, 0) is 24.1 Å². The van der Waals surface area contributed by atoms with Crippen molar-refractivity contribution in [3.05, 3.63) is 11.6 Å². The topological polar surface area (TPSA) is 79.6 Å². The molecule has 0 radical (unpaired) electrons. The van der Waals surface area contributed by atoms with E-state index in [0.29, 0.717) is 0 Å². The van der Waals surface area contributed by atoms with Crippen LogP contribution in [0.25, 0.3) is 0 Å². The maximum atomic E-state index is 5.37. The van der Waals surface area contributed by atoms with Crippen LogP contribution < -0.4 is 10.6 Å². The van der Waals surface area contributed by atoms with Crippen molar-refractivity contribution in [3.63, 3.8) is 0 Å². The second kappa shape index (κ2) is 9.72. The second-order valence-electron chi connectivity index (χ2n) is 6.62. The number of aliphatic imine (C=N–C) groups is 1. The number of nitrogens with zero attached hydrogens (tertiary/aromatic N) is 5. The Morgan fingerprint density at radius 1 is 1.08 bits per heavy atom. The highest BCUT2D eigenvalue weighted by Gasteiger charge is 2.14. The molecule has 0 aliphatic carbocycles. The predicted molar refractivity (Wildman–Crippen MR) is 97.9 cm³/mol. The Hall–Kier alpha value is -1.67. The molecule has 0 aromatic carbocycles. The first kappa shape index (κ1) is 18.1. The fourth-order valence-electron chi connectivity index (χ4n) is 3.40. The third-order valence-electron chi connectivity index (χ3n) is 4.87. The minimum absolute atomic E-state index is 0.815. The molecular formula is C17H31N7O. The molecule has 2 aliphatic rings. The number of fused-ring (bicyclic) bond motifs is 1. The van der Waals surface area contributed by atoms with Crippen LogP contribution in [0.2, 0.25) is 0 Å². The van der Waals surface area contributed by atoms with E-state index in [1.54, 1.807) is 0 Å². The Bertz CT molecular complexity index is 551. The molecule has 0 atom stereocenters. The molecule has 0 amide bonds. The number of hydrogen-bond donors (Lipinski definition) is 2. The minimum atomic E-state index is 0.815. The number of aromatic nitrogens is 3. The van der Waals surface area contributed by atoms with Gasteiger partial charge in [0.05, 0.1) is 13.2 Å². The van der Waals surface area contributed by atoms with Gasteiger partial charge in [0, 0.05) is 59.2 Å². The highest BCUT2D eigenvalue weighted by Crippen LogP contribution is 2.14. The summed E-state index contributed by atoms with van der Waals surface area (Å²) in [6.07, 6.45) is 5.69. The van der Waals surface area contributed by atoms with E-state index in [2.05, 4.69) is 35.3 Å². The second-order valence-corrected chi connectivity index (χ2v) is 6.62. The van der Waals surface area contributed by atoms with Gasteiger partial charge < -0.3 is 19.9 Å². The van der Waals surface area contributed by atoms with Crippen molar-refractivity contribution in [2.24, 2.45) is 4.99 Å². The first-order valence-corrected chi connectivity index (χ1v) is 9.52. The van der Waals surface area contributed by atoms with Gasteiger partial charge in [-0.25, -0.2) is 0 Å². The molecule has 2 aliphatic heterocycles. The summed E-state index contributed by atoms with van der Waals surface area (Å²) in [7, 11) is 1.81. The van der Waals surface area contributed by atoms with Crippen LogP contribution >= 0.6 is 0 Å². The van der Waals surface area contributed by atoms with Crippen molar-refractivity contribution in [3.8, 4) is 0 Å². The molecule has 1 aromatic rings. The number of nitrogens with one attached hydrogen (secondary N) is 2. The van der Waals surface area contributed by atoms with E-state index in [1.165, 1.54) is 19.3 Å². The molecule has 8 heteroatoms. The molecule has 3 rings (SSSR count). The van der Waals surface area contributed by atoms with E-state index in [9.17, 15) is 0 Å². The lowest BCUT2D eigenvalue weighted by molar-refractivity contribution is 0.0389. The predicted octanol–water partition coefficient (Wildman–Crippen LogP) is 0.0442. The zero-order valence-electron chi connectivity index (χ0n) is 15.3. The number of hydrogen-bond acceptors (Lipinski definition) is 5. The Kier molecular flexibility index (Phi) is 7.05. The first-order chi connectivity index (χ1) is 12.4. The van der Waals surface area contributed by atoms with Gasteiger partial charge in [-0.15, -0.1) is 10.2 Å². The lowest BCUT2D eigenvalue weighted by Gasteiger charge is -2.26. The van der Waals surface area contributed by atoms with Gasteiger partial charge in [-0.1, -0.05) is 6.42 Å². The Morgan fingerprint density at radius 3 is 2.76 bits per heavy atom. The Labute approximate surface area is 150 Å². The summed E-state index contributed by atoms with van der Waals surface area (Å²) in [5, 5.41) is 15.5. The SMILES string of the molecule is CN=C(NCCc1nnc2n1CCCCC2)NCCN1CCOCC1. The number of rotatable bonds is 6. The molecule has 0 saturated carbocycles. The number of aryl methyl sites for hydroxylation is 1. The summed E-state index contributed by atoms with van der Waals surface area (Å²) in [6.45, 7) is 7.50. The van der Waals surface area contributed by atoms with Crippen LogP contribution in [0, 0.1) is 0 Å². The van der Waals surface area contributed by atoms with Crippen molar-refractivity contribution in [1.29, 1.82) is 0 Å². The molecule has 25 heavy (non-hydrogen) atoms. The molecule has 0 bridgehead atoms. The molecule has 1 aromatic heterocycles. The van der Waals surface area contributed by atoms with Gasteiger partial charge in [0.25, 0.3) is 0 Å². The summed E-state index contributed by atoms with van der Waals surface area (Å²) in [4.78, 5) is 6.71. The molecule has 0 unspecified atom stereocenters. The van der Waals surface area contributed by atoms with Crippen LogP contribution in [0.4, 0.5) is 0 Å². The van der Waals surface area contributed by atoms with Gasteiger partial charge >= 0.3 is 0 Å². The van der Waals surface area contributed by atoms with E-state index in [0.717, 1.165) is 82.9 Å². The number of morpholine rings is 1. The Balaban J connectivity index is 1.37. The van der Waals surface area contributed by atoms with Crippen molar-refractivity contribution in [2.45, 2.75) is 38.6 Å².